The van der Waals surface area contributed by atoms with Gasteiger partial charge in [0.2, 0.25) is 0 Å². The number of aromatic nitrogens is 2. The molecular formula is C18H10BrF3N2O2S. The quantitative estimate of drug-likeness (QED) is 0.360. The number of carbonyl (C=O) groups excluding carboxylic acids is 1. The summed E-state index contributed by atoms with van der Waals surface area (Å²) in [5.74, 6) is -0.825. The van der Waals surface area contributed by atoms with E-state index in [9.17, 15) is 18.0 Å². The Balaban J connectivity index is 1.90. The van der Waals surface area contributed by atoms with Gasteiger partial charge in [-0.3, -0.25) is 4.40 Å². The number of hydrogen-bond acceptors (Lipinski definition) is 4. The fraction of sp³-hybridized carbons (Fsp3) is 0.111. The first-order valence-corrected chi connectivity index (χ1v) is 9.26. The van der Waals surface area contributed by atoms with Crippen LogP contribution in [0.3, 0.4) is 0 Å². The third kappa shape index (κ3) is 3.10. The van der Waals surface area contributed by atoms with E-state index < -0.39 is 17.7 Å². The zero-order valence-electron chi connectivity index (χ0n) is 13.7. The second kappa shape index (κ2) is 6.35. The van der Waals surface area contributed by atoms with Crippen molar-refractivity contribution in [3.63, 3.8) is 0 Å². The molecule has 9 heteroatoms. The smallest absolute Gasteiger partial charge is 0.417 e. The van der Waals surface area contributed by atoms with Crippen LogP contribution in [0.15, 0.2) is 47.1 Å². The minimum atomic E-state index is -4.64. The molecule has 0 fully saturated rings. The molecule has 2 aromatic heterocycles. The lowest BCUT2D eigenvalue weighted by Crippen LogP contribution is -2.10. The molecule has 0 bridgehead atoms. The van der Waals surface area contributed by atoms with Crippen molar-refractivity contribution in [2.75, 3.05) is 7.11 Å². The van der Waals surface area contributed by atoms with Crippen LogP contribution in [0.1, 0.15) is 15.9 Å². The minimum absolute atomic E-state index is 0.0867. The molecule has 0 amide bonds. The van der Waals surface area contributed by atoms with Gasteiger partial charge in [0.25, 0.3) is 0 Å². The zero-order chi connectivity index (χ0) is 19.3. The summed E-state index contributed by atoms with van der Waals surface area (Å²) in [4.78, 5) is 16.6. The van der Waals surface area contributed by atoms with Crippen LogP contribution in [0, 0.1) is 0 Å². The molecule has 0 saturated heterocycles. The molecule has 27 heavy (non-hydrogen) atoms. The van der Waals surface area contributed by atoms with Crippen LogP contribution < -0.4 is 0 Å². The molecule has 0 aliphatic rings. The monoisotopic (exact) mass is 454 g/mol. The molecular weight excluding hydrogens is 445 g/mol. The van der Waals surface area contributed by atoms with Crippen LogP contribution in [0.4, 0.5) is 13.2 Å². The highest BCUT2D eigenvalue weighted by atomic mass is 79.9. The summed E-state index contributed by atoms with van der Waals surface area (Å²) in [6.45, 7) is 0. The van der Waals surface area contributed by atoms with Crippen molar-refractivity contribution in [3.8, 4) is 11.3 Å². The lowest BCUT2D eigenvalue weighted by Gasteiger charge is -2.12. The predicted molar refractivity (Wildman–Crippen MR) is 100 cm³/mol. The van der Waals surface area contributed by atoms with Gasteiger partial charge in [0.05, 0.1) is 34.1 Å². The number of benzene rings is 2. The molecule has 2 aromatic carbocycles. The Morgan fingerprint density at radius 1 is 1.22 bits per heavy atom. The van der Waals surface area contributed by atoms with E-state index in [0.29, 0.717) is 4.96 Å². The number of halogens is 4. The number of nitrogens with zero attached hydrogens (tertiary/aromatic N) is 2. The highest BCUT2D eigenvalue weighted by Crippen LogP contribution is 2.39. The van der Waals surface area contributed by atoms with Crippen molar-refractivity contribution in [1.29, 1.82) is 0 Å². The average molecular weight is 455 g/mol. The molecule has 0 spiro atoms. The molecule has 0 N–H and O–H groups in total. The summed E-state index contributed by atoms with van der Waals surface area (Å²) in [5, 5.41) is 0. The van der Waals surface area contributed by atoms with Gasteiger partial charge in [-0.2, -0.15) is 13.2 Å². The lowest BCUT2D eigenvalue weighted by molar-refractivity contribution is -0.137. The van der Waals surface area contributed by atoms with Crippen molar-refractivity contribution in [2.45, 2.75) is 6.18 Å². The van der Waals surface area contributed by atoms with Crippen molar-refractivity contribution in [2.24, 2.45) is 0 Å². The Morgan fingerprint density at radius 3 is 2.70 bits per heavy atom. The Hall–Kier alpha value is -2.39. The van der Waals surface area contributed by atoms with Crippen LogP contribution in [-0.2, 0) is 10.9 Å². The molecule has 0 saturated carbocycles. The highest BCUT2D eigenvalue weighted by molar-refractivity contribution is 9.10. The summed E-state index contributed by atoms with van der Waals surface area (Å²) in [5.41, 5.74) is -0.129. The van der Waals surface area contributed by atoms with Gasteiger partial charge in [-0.05, 0) is 30.3 Å². The van der Waals surface area contributed by atoms with Gasteiger partial charge in [0, 0.05) is 16.2 Å². The maximum absolute atomic E-state index is 13.6. The number of methoxy groups -OCH3 is 1. The fourth-order valence-corrected chi connectivity index (χ4v) is 4.41. The number of ether oxygens (including phenoxy) is 1. The molecule has 4 aromatic rings. The van der Waals surface area contributed by atoms with E-state index in [4.69, 9.17) is 0 Å². The van der Waals surface area contributed by atoms with E-state index in [1.54, 1.807) is 10.6 Å². The van der Waals surface area contributed by atoms with Crippen LogP contribution in [0.25, 0.3) is 26.4 Å². The molecule has 4 nitrogen and oxygen atoms in total. The third-order valence-corrected chi connectivity index (χ3v) is 5.59. The molecule has 2 heterocycles. The number of hydrogen-bond donors (Lipinski definition) is 0. The second-order valence-electron chi connectivity index (χ2n) is 5.74. The zero-order valence-corrected chi connectivity index (χ0v) is 16.1. The topological polar surface area (TPSA) is 43.6 Å². The van der Waals surface area contributed by atoms with Crippen molar-refractivity contribution < 1.29 is 22.7 Å². The van der Waals surface area contributed by atoms with E-state index in [-0.39, 0.29) is 16.8 Å². The molecule has 0 aliphatic heterocycles. The van der Waals surface area contributed by atoms with Crippen LogP contribution >= 0.6 is 27.3 Å². The number of fused-ring (bicyclic) bond motifs is 3. The Morgan fingerprint density at radius 2 is 2.00 bits per heavy atom. The van der Waals surface area contributed by atoms with Gasteiger partial charge >= 0.3 is 12.1 Å². The van der Waals surface area contributed by atoms with Crippen molar-refractivity contribution in [3.05, 3.63) is 58.2 Å². The van der Waals surface area contributed by atoms with Crippen LogP contribution in [0.2, 0.25) is 0 Å². The number of carbonyl (C=O) groups is 1. The summed E-state index contributed by atoms with van der Waals surface area (Å²) in [7, 11) is 1.12. The lowest BCUT2D eigenvalue weighted by atomic mass is 10.0. The van der Waals surface area contributed by atoms with Gasteiger partial charge in [0.15, 0.2) is 4.96 Å². The van der Waals surface area contributed by atoms with E-state index in [0.717, 1.165) is 27.9 Å². The molecule has 0 unspecified atom stereocenters. The maximum atomic E-state index is 13.6. The van der Waals surface area contributed by atoms with E-state index in [2.05, 4.69) is 25.7 Å². The SMILES string of the molecule is COC(=O)c1ccc(-c2cn3c(n2)sc2cc(Br)ccc23)c(C(F)(F)F)c1. The van der Waals surface area contributed by atoms with E-state index >= 15 is 0 Å². The highest BCUT2D eigenvalue weighted by Gasteiger charge is 2.35. The summed E-state index contributed by atoms with van der Waals surface area (Å²) < 4.78 is 48.9. The van der Waals surface area contributed by atoms with Gasteiger partial charge in [-0.25, -0.2) is 9.78 Å². The Bertz CT molecular complexity index is 1200. The third-order valence-electron chi connectivity index (χ3n) is 4.08. The number of esters is 1. The molecule has 0 radical (unpaired) electrons. The number of rotatable bonds is 2. The normalized spacial score (nSPS) is 12.0. The maximum Gasteiger partial charge on any atom is 0.417 e. The number of alkyl halides is 3. The van der Waals surface area contributed by atoms with Gasteiger partial charge in [-0.1, -0.05) is 33.3 Å². The summed E-state index contributed by atoms with van der Waals surface area (Å²) in [6, 6.07) is 9.02. The van der Waals surface area contributed by atoms with Crippen molar-refractivity contribution in [1.82, 2.24) is 9.38 Å². The number of thiazole rings is 1. The van der Waals surface area contributed by atoms with Crippen molar-refractivity contribution >= 4 is 48.4 Å². The van der Waals surface area contributed by atoms with Crippen LogP contribution in [-0.4, -0.2) is 22.5 Å². The molecule has 138 valence electrons. The molecule has 4 rings (SSSR count). The minimum Gasteiger partial charge on any atom is -0.465 e. The predicted octanol–water partition coefficient (Wildman–Crippen LogP) is 5.78. The van der Waals surface area contributed by atoms with Gasteiger partial charge in [0.1, 0.15) is 0 Å². The van der Waals surface area contributed by atoms with E-state index in [1.165, 1.54) is 23.5 Å². The standard InChI is InChI=1S/C18H10BrF3N2O2S/c1-26-16(25)9-2-4-11(12(6-9)18(20,21)22)13-8-24-14-5-3-10(19)7-15(14)27-17(24)23-13/h2-8H,1H3. The summed E-state index contributed by atoms with van der Waals surface area (Å²) >= 11 is 4.78. The first-order chi connectivity index (χ1) is 12.8. The largest absolute Gasteiger partial charge is 0.465 e. The second-order valence-corrected chi connectivity index (χ2v) is 7.67. The summed E-state index contributed by atoms with van der Waals surface area (Å²) in [6.07, 6.45) is -3.06. The average Bonchev–Trinajstić information content (AvgIpc) is 3.17. The Labute approximate surface area is 163 Å². The first kappa shape index (κ1) is 18.0. The molecule has 0 aliphatic carbocycles. The van der Waals surface area contributed by atoms with E-state index in [1.807, 2.05) is 18.2 Å². The Kier molecular flexibility index (Phi) is 4.23. The fourth-order valence-electron chi connectivity index (χ4n) is 2.85. The van der Waals surface area contributed by atoms with Crippen LogP contribution in [0.5, 0.6) is 0 Å². The van der Waals surface area contributed by atoms with Gasteiger partial charge in [-0.15, -0.1) is 0 Å². The van der Waals surface area contributed by atoms with Gasteiger partial charge < -0.3 is 4.74 Å². The number of imidazole rings is 1. The first-order valence-electron chi connectivity index (χ1n) is 7.65. The molecule has 0 atom stereocenters.